The third-order valence-corrected chi connectivity index (χ3v) is 5.72. The molecular formula is C21H26N2O2S. The van der Waals surface area contributed by atoms with Crippen molar-refractivity contribution in [3.05, 3.63) is 65.2 Å². The van der Waals surface area contributed by atoms with Crippen LogP contribution in [0, 0.1) is 0 Å². The predicted molar refractivity (Wildman–Crippen MR) is 106 cm³/mol. The second kappa shape index (κ2) is 9.10. The number of likely N-dealkylation sites (tertiary alicyclic amines) is 1. The Hall–Kier alpha value is -1.98. The van der Waals surface area contributed by atoms with E-state index in [0.29, 0.717) is 12.1 Å². The number of piperidine rings is 1. The zero-order chi connectivity index (χ0) is 18.4. The highest BCUT2D eigenvalue weighted by molar-refractivity contribution is 7.84. The van der Waals surface area contributed by atoms with Crippen LogP contribution in [0.25, 0.3) is 0 Å². The smallest absolute Gasteiger partial charge is 0.251 e. The summed E-state index contributed by atoms with van der Waals surface area (Å²) in [5.41, 5.74) is 3.00. The van der Waals surface area contributed by atoms with Crippen LogP contribution in [0.4, 0.5) is 0 Å². The van der Waals surface area contributed by atoms with Crippen LogP contribution in [0.2, 0.25) is 0 Å². The molecule has 0 aliphatic carbocycles. The van der Waals surface area contributed by atoms with Crippen molar-refractivity contribution in [2.45, 2.75) is 37.2 Å². The van der Waals surface area contributed by atoms with E-state index in [9.17, 15) is 9.00 Å². The molecule has 1 atom stereocenters. The summed E-state index contributed by atoms with van der Waals surface area (Å²) in [7, 11) is -1.02. The molecule has 1 unspecified atom stereocenters. The van der Waals surface area contributed by atoms with E-state index in [-0.39, 0.29) is 5.91 Å². The highest BCUT2D eigenvalue weighted by Crippen LogP contribution is 2.14. The van der Waals surface area contributed by atoms with Gasteiger partial charge in [0, 0.05) is 40.6 Å². The highest BCUT2D eigenvalue weighted by atomic mass is 32.2. The van der Waals surface area contributed by atoms with Gasteiger partial charge in [-0.05, 0) is 61.3 Å². The molecule has 4 nitrogen and oxygen atoms in total. The fourth-order valence-electron chi connectivity index (χ4n) is 3.22. The van der Waals surface area contributed by atoms with Gasteiger partial charge in [0.15, 0.2) is 0 Å². The Bertz CT molecular complexity index is 751. The van der Waals surface area contributed by atoms with E-state index in [4.69, 9.17) is 0 Å². The third kappa shape index (κ3) is 5.26. The van der Waals surface area contributed by atoms with Gasteiger partial charge in [-0.3, -0.25) is 13.9 Å². The lowest BCUT2D eigenvalue weighted by Crippen LogP contribution is -2.29. The lowest BCUT2D eigenvalue weighted by Gasteiger charge is -2.26. The maximum atomic E-state index is 12.2. The molecule has 138 valence electrons. The first-order valence-corrected chi connectivity index (χ1v) is 10.7. The minimum absolute atomic E-state index is 0.115. The van der Waals surface area contributed by atoms with E-state index in [0.717, 1.165) is 17.0 Å². The molecule has 1 fully saturated rings. The van der Waals surface area contributed by atoms with E-state index >= 15 is 0 Å². The second-order valence-corrected chi connectivity index (χ2v) is 8.19. The van der Waals surface area contributed by atoms with E-state index in [2.05, 4.69) is 34.5 Å². The summed E-state index contributed by atoms with van der Waals surface area (Å²) >= 11 is 0. The number of hydrogen-bond donors (Lipinski definition) is 1. The maximum Gasteiger partial charge on any atom is 0.251 e. The standard InChI is InChI=1S/C21H26N2O2S/c1-26(25)20-11-9-19(10-12-20)21(24)22-15-17-5-7-18(8-6-17)16-23-13-3-2-4-14-23/h5-12H,2-4,13-16H2,1H3,(H,22,24). The molecule has 1 aliphatic rings. The first-order chi connectivity index (χ1) is 12.6. The SMILES string of the molecule is CS(=O)c1ccc(C(=O)NCc2ccc(CN3CCCCC3)cc2)cc1. The van der Waals surface area contributed by atoms with Crippen molar-refractivity contribution in [3.8, 4) is 0 Å². The van der Waals surface area contributed by atoms with Gasteiger partial charge in [-0.2, -0.15) is 0 Å². The molecule has 0 spiro atoms. The van der Waals surface area contributed by atoms with Crippen LogP contribution >= 0.6 is 0 Å². The Labute approximate surface area is 158 Å². The molecule has 26 heavy (non-hydrogen) atoms. The normalized spacial score (nSPS) is 16.2. The monoisotopic (exact) mass is 370 g/mol. The van der Waals surface area contributed by atoms with Crippen molar-refractivity contribution in [2.24, 2.45) is 0 Å². The van der Waals surface area contributed by atoms with Gasteiger partial charge in [-0.25, -0.2) is 0 Å². The van der Waals surface area contributed by atoms with Gasteiger partial charge >= 0.3 is 0 Å². The molecule has 0 bridgehead atoms. The molecule has 1 N–H and O–H groups in total. The van der Waals surface area contributed by atoms with E-state index in [1.807, 2.05) is 0 Å². The summed E-state index contributed by atoms with van der Waals surface area (Å²) in [5, 5.41) is 2.94. The van der Waals surface area contributed by atoms with E-state index in [1.54, 1.807) is 30.5 Å². The Balaban J connectivity index is 1.50. The zero-order valence-corrected chi connectivity index (χ0v) is 16.1. The molecule has 1 heterocycles. The van der Waals surface area contributed by atoms with Crippen molar-refractivity contribution in [1.29, 1.82) is 0 Å². The Morgan fingerprint density at radius 3 is 2.19 bits per heavy atom. The quantitative estimate of drug-likeness (QED) is 0.848. The number of benzene rings is 2. The lowest BCUT2D eigenvalue weighted by molar-refractivity contribution is 0.0951. The number of carbonyl (C=O) groups excluding carboxylic acids is 1. The number of hydrogen-bond acceptors (Lipinski definition) is 3. The van der Waals surface area contributed by atoms with Crippen LogP contribution in [0.5, 0.6) is 0 Å². The van der Waals surface area contributed by atoms with Crippen LogP contribution in [-0.4, -0.2) is 34.4 Å². The molecule has 1 aliphatic heterocycles. The van der Waals surface area contributed by atoms with Gasteiger partial charge in [-0.15, -0.1) is 0 Å². The van der Waals surface area contributed by atoms with Crippen molar-refractivity contribution in [3.63, 3.8) is 0 Å². The fourth-order valence-corrected chi connectivity index (χ4v) is 3.74. The number of amides is 1. The maximum absolute atomic E-state index is 12.2. The number of nitrogens with zero attached hydrogens (tertiary/aromatic N) is 1. The van der Waals surface area contributed by atoms with Gasteiger partial charge in [-0.1, -0.05) is 30.7 Å². The van der Waals surface area contributed by atoms with Crippen LogP contribution < -0.4 is 5.32 Å². The number of nitrogens with one attached hydrogen (secondary N) is 1. The Kier molecular flexibility index (Phi) is 6.58. The summed E-state index contributed by atoms with van der Waals surface area (Å²) in [5.74, 6) is -0.115. The molecule has 1 saturated heterocycles. The van der Waals surface area contributed by atoms with Crippen molar-refractivity contribution in [2.75, 3.05) is 19.3 Å². The average molecular weight is 371 g/mol. The van der Waals surface area contributed by atoms with Crippen molar-refractivity contribution < 1.29 is 9.00 Å². The molecule has 3 rings (SSSR count). The Morgan fingerprint density at radius 1 is 0.962 bits per heavy atom. The first kappa shape index (κ1) is 18.8. The van der Waals surface area contributed by atoms with Crippen molar-refractivity contribution in [1.82, 2.24) is 10.2 Å². The van der Waals surface area contributed by atoms with Gasteiger partial charge in [0.25, 0.3) is 5.91 Å². The molecule has 0 saturated carbocycles. The van der Waals surface area contributed by atoms with Gasteiger partial charge < -0.3 is 5.32 Å². The summed E-state index contributed by atoms with van der Waals surface area (Å²) in [6.45, 7) is 3.91. The predicted octanol–water partition coefficient (Wildman–Crippen LogP) is 3.34. The molecule has 1 amide bonds. The number of carbonyl (C=O) groups is 1. The Morgan fingerprint density at radius 2 is 1.58 bits per heavy atom. The van der Waals surface area contributed by atoms with Gasteiger partial charge in [0.1, 0.15) is 0 Å². The van der Waals surface area contributed by atoms with E-state index in [1.165, 1.54) is 37.9 Å². The van der Waals surface area contributed by atoms with Gasteiger partial charge in [0.2, 0.25) is 0 Å². The molecule has 2 aromatic rings. The molecule has 5 heteroatoms. The van der Waals surface area contributed by atoms with Crippen molar-refractivity contribution >= 4 is 16.7 Å². The number of rotatable bonds is 6. The van der Waals surface area contributed by atoms with Crippen LogP contribution in [0.3, 0.4) is 0 Å². The summed E-state index contributed by atoms with van der Waals surface area (Å²) in [4.78, 5) is 15.5. The fraction of sp³-hybridized carbons (Fsp3) is 0.381. The summed E-state index contributed by atoms with van der Waals surface area (Å²) < 4.78 is 11.4. The molecule has 0 radical (unpaired) electrons. The molecular weight excluding hydrogens is 344 g/mol. The average Bonchev–Trinajstić information content (AvgIpc) is 2.68. The zero-order valence-electron chi connectivity index (χ0n) is 15.2. The third-order valence-electron chi connectivity index (χ3n) is 4.78. The highest BCUT2D eigenvalue weighted by Gasteiger charge is 2.10. The summed E-state index contributed by atoms with van der Waals surface area (Å²) in [6, 6.07) is 15.4. The molecule has 2 aromatic carbocycles. The minimum atomic E-state index is -1.02. The van der Waals surface area contributed by atoms with E-state index < -0.39 is 10.8 Å². The lowest BCUT2D eigenvalue weighted by atomic mass is 10.1. The van der Waals surface area contributed by atoms with Crippen LogP contribution in [0.1, 0.15) is 40.7 Å². The van der Waals surface area contributed by atoms with Gasteiger partial charge in [0.05, 0.1) is 0 Å². The van der Waals surface area contributed by atoms with Crippen LogP contribution in [0.15, 0.2) is 53.4 Å². The summed E-state index contributed by atoms with van der Waals surface area (Å²) in [6.07, 6.45) is 5.59. The van der Waals surface area contributed by atoms with Crippen LogP contribution in [-0.2, 0) is 23.9 Å². The largest absolute Gasteiger partial charge is 0.348 e. The molecule has 0 aromatic heterocycles. The second-order valence-electron chi connectivity index (χ2n) is 6.81. The minimum Gasteiger partial charge on any atom is -0.348 e. The topological polar surface area (TPSA) is 49.4 Å². The first-order valence-electron chi connectivity index (χ1n) is 9.14.